The molecule has 0 saturated heterocycles. The first kappa shape index (κ1) is 34.6. The predicted molar refractivity (Wildman–Crippen MR) is 25.5 cm³/mol. The van der Waals surface area contributed by atoms with E-state index in [1.54, 1.807) is 0 Å². The second-order valence-corrected chi connectivity index (χ2v) is 3.00. The van der Waals surface area contributed by atoms with Crippen LogP contribution in [0.25, 0.3) is 0 Å². The Kier molecular flexibility index (Phi) is 42.9. The quantitative estimate of drug-likeness (QED) is 0.403. The molecule has 0 rings (SSSR count). The second kappa shape index (κ2) is 11.2. The summed E-state index contributed by atoms with van der Waals surface area (Å²) in [5.41, 5.74) is 0. The topological polar surface area (TPSA) is 196 Å². The van der Waals surface area contributed by atoms with Gasteiger partial charge in [0.05, 0.1) is 0 Å². The van der Waals surface area contributed by atoms with Crippen LogP contribution in [0.1, 0.15) is 0 Å². The summed E-state index contributed by atoms with van der Waals surface area (Å²) in [5, 5.41) is 0. The molecule has 0 atom stereocenters. The van der Waals surface area contributed by atoms with Crippen molar-refractivity contribution in [2.75, 3.05) is 0 Å². The second-order valence-electron chi connectivity index (χ2n) is 0.447. The molecule has 9 heavy (non-hydrogen) atoms. The third kappa shape index (κ3) is 3480. The van der Waals surface area contributed by atoms with Crippen LogP contribution in [-0.4, -0.2) is 20.1 Å². The SMILES string of the molecule is [F].[NH4+].[NH4+].[NH4+].[O]=[Sb]([O-])([O-])[O-]. The standard InChI is InChI=1S/F.3H3N.4O.Sb/h;3*1H3;;;;;/q;;;;;3*-1;/p+3. The van der Waals surface area contributed by atoms with Crippen LogP contribution < -0.4 is 28.6 Å². The summed E-state index contributed by atoms with van der Waals surface area (Å²) >= 11 is -6.10. The molecule has 9 heteroatoms. The van der Waals surface area contributed by atoms with Crippen molar-refractivity contribution in [2.24, 2.45) is 0 Å². The monoisotopic (exact) mass is 258 g/mol. The molecule has 0 heterocycles. The third-order valence-electron chi connectivity index (χ3n) is 0. The number of quaternary nitrogens is 3. The molecule has 7 nitrogen and oxygen atoms in total. The van der Waals surface area contributed by atoms with E-state index < -0.39 is 20.1 Å². The van der Waals surface area contributed by atoms with Crippen LogP contribution >= 0.6 is 0 Å². The Hall–Kier alpha value is 0.308. The third-order valence-corrected chi connectivity index (χ3v) is 0. The summed E-state index contributed by atoms with van der Waals surface area (Å²) in [5.74, 6) is 0. The number of hydrogen-bond donors (Lipinski definition) is 3. The Bertz CT molecular complexity index is 61.9. The summed E-state index contributed by atoms with van der Waals surface area (Å²) in [4.78, 5) is 0. The van der Waals surface area contributed by atoms with E-state index in [1.807, 2.05) is 0 Å². The Morgan fingerprint density at radius 1 is 0.889 bits per heavy atom. The van der Waals surface area contributed by atoms with Crippen molar-refractivity contribution in [1.29, 1.82) is 0 Å². The molecular weight excluding hydrogens is 247 g/mol. The molecule has 0 amide bonds. The van der Waals surface area contributed by atoms with Crippen LogP contribution in [-0.2, 0) is 3.02 Å². The minimum absolute atomic E-state index is 0. The molecule has 0 bridgehead atoms. The molecule has 1 radical (unpaired) electrons. The van der Waals surface area contributed by atoms with Crippen LogP contribution in [0.3, 0.4) is 0 Å². The molecular formula is H12FN3O4Sb. The normalized spacial score (nSPS) is 6.56. The van der Waals surface area contributed by atoms with Gasteiger partial charge in [0.2, 0.25) is 0 Å². The van der Waals surface area contributed by atoms with Gasteiger partial charge >= 0.3 is 33.2 Å². The molecule has 63 valence electrons. The van der Waals surface area contributed by atoms with Crippen LogP contribution in [0, 0.1) is 0 Å². The predicted octanol–water partition coefficient (Wildman–Crippen LogP) is -2.52. The molecule has 0 unspecified atom stereocenters. The first-order valence-electron chi connectivity index (χ1n) is 0.730. The fourth-order valence-corrected chi connectivity index (χ4v) is 0. The molecule has 0 aliphatic rings. The van der Waals surface area contributed by atoms with Crippen molar-refractivity contribution in [3.05, 3.63) is 0 Å². The van der Waals surface area contributed by atoms with E-state index in [0.717, 1.165) is 0 Å². The van der Waals surface area contributed by atoms with E-state index in [2.05, 4.69) is 0 Å². The molecule has 0 aliphatic carbocycles. The van der Waals surface area contributed by atoms with Crippen LogP contribution in [0.5, 0.6) is 0 Å². The van der Waals surface area contributed by atoms with E-state index in [9.17, 15) is 0 Å². The molecule has 0 aromatic heterocycles. The van der Waals surface area contributed by atoms with Gasteiger partial charge < -0.3 is 18.5 Å². The molecule has 0 aliphatic heterocycles. The number of rotatable bonds is 0. The first-order chi connectivity index (χ1) is 2.00. The van der Waals surface area contributed by atoms with Gasteiger partial charge in [-0.05, 0) is 0 Å². The van der Waals surface area contributed by atoms with Gasteiger partial charge in [0.15, 0.2) is 0 Å². The van der Waals surface area contributed by atoms with Crippen molar-refractivity contribution in [3.8, 4) is 0 Å². The average Bonchev–Trinajstić information content (AvgIpc) is 0.722. The summed E-state index contributed by atoms with van der Waals surface area (Å²) in [7, 11) is 0. The molecule has 0 aromatic carbocycles. The Balaban J connectivity index is -0.0000000133. The van der Waals surface area contributed by atoms with E-state index in [1.165, 1.54) is 0 Å². The zero-order valence-corrected chi connectivity index (χ0v) is 8.01. The van der Waals surface area contributed by atoms with E-state index >= 15 is 0 Å². The van der Waals surface area contributed by atoms with Gasteiger partial charge in [-0.25, -0.2) is 0 Å². The minimum atomic E-state index is -6.10. The van der Waals surface area contributed by atoms with Gasteiger partial charge in [-0.3, -0.25) is 0 Å². The maximum atomic E-state index is 8.64. The van der Waals surface area contributed by atoms with Gasteiger partial charge in [0, 0.05) is 4.70 Å². The fourth-order valence-electron chi connectivity index (χ4n) is 0. The molecule has 0 fully saturated rings. The van der Waals surface area contributed by atoms with Crippen LogP contribution in [0.2, 0.25) is 0 Å². The Morgan fingerprint density at radius 3 is 0.889 bits per heavy atom. The van der Waals surface area contributed by atoms with Crippen molar-refractivity contribution in [1.82, 2.24) is 18.5 Å². The van der Waals surface area contributed by atoms with E-state index in [4.69, 9.17) is 13.2 Å². The van der Waals surface area contributed by atoms with Gasteiger partial charge in [0.1, 0.15) is 0 Å². The zero-order chi connectivity index (χ0) is 4.50. The van der Waals surface area contributed by atoms with Crippen molar-refractivity contribution >= 4 is 20.1 Å². The number of hydrogen-bond acceptors (Lipinski definition) is 4. The Morgan fingerprint density at radius 2 is 0.889 bits per heavy atom. The average molecular weight is 259 g/mol. The Labute approximate surface area is 56.9 Å². The molecule has 0 spiro atoms. The van der Waals surface area contributed by atoms with Crippen molar-refractivity contribution in [2.45, 2.75) is 0 Å². The summed E-state index contributed by atoms with van der Waals surface area (Å²) in [6, 6.07) is 0. The van der Waals surface area contributed by atoms with Gasteiger partial charge in [-0.2, -0.15) is 0 Å². The molecule has 0 saturated carbocycles. The summed E-state index contributed by atoms with van der Waals surface area (Å²) in [6.45, 7) is 0. The zero-order valence-electron chi connectivity index (χ0n) is 5.46. The first-order valence-corrected chi connectivity index (χ1v) is 4.90. The van der Waals surface area contributed by atoms with Gasteiger partial charge in [-0.1, -0.05) is 0 Å². The van der Waals surface area contributed by atoms with Crippen LogP contribution in [0.4, 0.5) is 4.70 Å². The summed E-state index contributed by atoms with van der Waals surface area (Å²) in [6.07, 6.45) is 0. The maximum absolute atomic E-state index is 8.64. The van der Waals surface area contributed by atoms with Crippen LogP contribution in [0.15, 0.2) is 0 Å². The fraction of sp³-hybridized carbons (Fsp3) is 0. The van der Waals surface area contributed by atoms with Crippen molar-refractivity contribution < 1.29 is 17.9 Å². The van der Waals surface area contributed by atoms with Crippen molar-refractivity contribution in [3.63, 3.8) is 0 Å². The van der Waals surface area contributed by atoms with Gasteiger partial charge in [0.25, 0.3) is 0 Å². The number of halogens is 1. The molecule has 12 N–H and O–H groups in total. The van der Waals surface area contributed by atoms with E-state index in [-0.39, 0.29) is 23.2 Å². The summed E-state index contributed by atoms with van der Waals surface area (Å²) < 4.78 is 34.6. The molecule has 0 aromatic rings. The van der Waals surface area contributed by atoms with Gasteiger partial charge in [-0.15, -0.1) is 0 Å². The van der Waals surface area contributed by atoms with E-state index in [0.29, 0.717) is 0 Å².